The highest BCUT2D eigenvalue weighted by molar-refractivity contribution is 5.34. The zero-order valence-electron chi connectivity index (χ0n) is 13.2. The van der Waals surface area contributed by atoms with E-state index >= 15 is 0 Å². The standard InChI is InChI=1S/C17H25N3/c1-6-18-17(11-15-10-14(4)19-20(15)5)16-9-12(2)7-8-13(16)3/h7-10,17-18H,6,11H2,1-5H3. The Kier molecular flexibility index (Phi) is 4.61. The highest BCUT2D eigenvalue weighted by Gasteiger charge is 2.16. The molecule has 1 aromatic carbocycles. The van der Waals surface area contributed by atoms with E-state index in [9.17, 15) is 0 Å². The van der Waals surface area contributed by atoms with E-state index < -0.39 is 0 Å². The van der Waals surface area contributed by atoms with Crippen LogP contribution in [0, 0.1) is 20.8 Å². The third-order valence-electron chi connectivity index (χ3n) is 3.77. The second-order valence-electron chi connectivity index (χ2n) is 5.58. The van der Waals surface area contributed by atoms with Crippen molar-refractivity contribution in [3.8, 4) is 0 Å². The van der Waals surface area contributed by atoms with Gasteiger partial charge in [0.1, 0.15) is 0 Å². The summed E-state index contributed by atoms with van der Waals surface area (Å²) < 4.78 is 1.99. The van der Waals surface area contributed by atoms with Gasteiger partial charge in [-0.3, -0.25) is 4.68 Å². The summed E-state index contributed by atoms with van der Waals surface area (Å²) in [5.74, 6) is 0. The first-order valence-electron chi connectivity index (χ1n) is 7.31. The van der Waals surface area contributed by atoms with Gasteiger partial charge in [0, 0.05) is 25.2 Å². The van der Waals surface area contributed by atoms with Crippen LogP contribution in [0.5, 0.6) is 0 Å². The molecule has 0 spiro atoms. The SMILES string of the molecule is CCNC(Cc1cc(C)nn1C)c1cc(C)ccc1C. The minimum atomic E-state index is 0.342. The van der Waals surface area contributed by atoms with E-state index in [-0.39, 0.29) is 0 Å². The summed E-state index contributed by atoms with van der Waals surface area (Å²) >= 11 is 0. The number of nitrogens with one attached hydrogen (secondary N) is 1. The quantitative estimate of drug-likeness (QED) is 0.904. The van der Waals surface area contributed by atoms with Gasteiger partial charge >= 0.3 is 0 Å². The van der Waals surface area contributed by atoms with Crippen molar-refractivity contribution in [3.63, 3.8) is 0 Å². The Labute approximate surface area is 122 Å². The monoisotopic (exact) mass is 271 g/mol. The number of aryl methyl sites for hydroxylation is 4. The summed E-state index contributed by atoms with van der Waals surface area (Å²) in [6.07, 6.45) is 0.968. The fourth-order valence-corrected chi connectivity index (χ4v) is 2.74. The minimum absolute atomic E-state index is 0.342. The molecule has 1 unspecified atom stereocenters. The van der Waals surface area contributed by atoms with Crippen molar-refractivity contribution < 1.29 is 0 Å². The number of likely N-dealkylation sites (N-methyl/N-ethyl adjacent to an activating group) is 1. The molecule has 0 aliphatic rings. The summed E-state index contributed by atoms with van der Waals surface area (Å²) in [6, 6.07) is 9.20. The molecule has 1 N–H and O–H groups in total. The first-order chi connectivity index (χ1) is 9.51. The largest absolute Gasteiger partial charge is 0.310 e. The van der Waals surface area contributed by atoms with E-state index in [0.717, 1.165) is 18.7 Å². The first kappa shape index (κ1) is 14.8. The summed E-state index contributed by atoms with van der Waals surface area (Å²) in [4.78, 5) is 0. The molecule has 20 heavy (non-hydrogen) atoms. The lowest BCUT2D eigenvalue weighted by atomic mass is 9.95. The Balaban J connectivity index is 2.31. The fourth-order valence-electron chi connectivity index (χ4n) is 2.74. The molecule has 2 rings (SSSR count). The zero-order valence-corrected chi connectivity index (χ0v) is 13.2. The van der Waals surface area contributed by atoms with Gasteiger partial charge in [-0.05, 0) is 44.5 Å². The van der Waals surface area contributed by atoms with Crippen molar-refractivity contribution in [2.75, 3.05) is 6.54 Å². The van der Waals surface area contributed by atoms with Crippen molar-refractivity contribution in [2.24, 2.45) is 7.05 Å². The molecule has 0 aliphatic heterocycles. The van der Waals surface area contributed by atoms with Crippen LogP contribution < -0.4 is 5.32 Å². The summed E-state index contributed by atoms with van der Waals surface area (Å²) in [6.45, 7) is 9.51. The Morgan fingerprint density at radius 1 is 1.20 bits per heavy atom. The smallest absolute Gasteiger partial charge is 0.0596 e. The maximum atomic E-state index is 4.45. The molecule has 1 aromatic heterocycles. The lowest BCUT2D eigenvalue weighted by Gasteiger charge is -2.21. The average molecular weight is 271 g/mol. The van der Waals surface area contributed by atoms with Crippen LogP contribution in [0.2, 0.25) is 0 Å². The molecule has 0 bridgehead atoms. The van der Waals surface area contributed by atoms with Crippen LogP contribution >= 0.6 is 0 Å². The molecule has 2 aromatic rings. The van der Waals surface area contributed by atoms with Crippen molar-refractivity contribution in [3.05, 3.63) is 52.3 Å². The Morgan fingerprint density at radius 2 is 1.95 bits per heavy atom. The van der Waals surface area contributed by atoms with Crippen LogP contribution in [-0.4, -0.2) is 16.3 Å². The van der Waals surface area contributed by atoms with Gasteiger partial charge in [0.2, 0.25) is 0 Å². The third-order valence-corrected chi connectivity index (χ3v) is 3.77. The number of nitrogens with zero attached hydrogens (tertiary/aromatic N) is 2. The Bertz CT molecular complexity index is 584. The van der Waals surface area contributed by atoms with Gasteiger partial charge in [0.15, 0.2) is 0 Å². The van der Waals surface area contributed by atoms with Crippen molar-refractivity contribution in [1.29, 1.82) is 0 Å². The van der Waals surface area contributed by atoms with Crippen LogP contribution in [0.4, 0.5) is 0 Å². The van der Waals surface area contributed by atoms with Gasteiger partial charge < -0.3 is 5.32 Å². The number of aromatic nitrogens is 2. The second kappa shape index (κ2) is 6.23. The molecule has 1 atom stereocenters. The normalized spacial score (nSPS) is 12.7. The Morgan fingerprint density at radius 3 is 2.55 bits per heavy atom. The summed E-state index contributed by atoms with van der Waals surface area (Å²) in [5, 5.41) is 8.06. The molecule has 0 saturated carbocycles. The number of rotatable bonds is 5. The molecular formula is C17H25N3. The Hall–Kier alpha value is -1.61. The van der Waals surface area contributed by atoms with Crippen molar-refractivity contribution >= 4 is 0 Å². The average Bonchev–Trinajstić information content (AvgIpc) is 2.70. The predicted molar refractivity (Wildman–Crippen MR) is 84.0 cm³/mol. The lowest BCUT2D eigenvalue weighted by molar-refractivity contribution is 0.526. The second-order valence-corrected chi connectivity index (χ2v) is 5.58. The van der Waals surface area contributed by atoms with Gasteiger partial charge in [0.05, 0.1) is 5.69 Å². The van der Waals surface area contributed by atoms with Crippen molar-refractivity contribution in [1.82, 2.24) is 15.1 Å². The molecule has 108 valence electrons. The molecule has 3 heteroatoms. The van der Waals surface area contributed by atoms with Gasteiger partial charge in [-0.15, -0.1) is 0 Å². The van der Waals surface area contributed by atoms with Gasteiger partial charge in [0.25, 0.3) is 0 Å². The maximum Gasteiger partial charge on any atom is 0.0596 e. The van der Waals surface area contributed by atoms with Crippen LogP contribution in [0.15, 0.2) is 24.3 Å². The van der Waals surface area contributed by atoms with Crippen LogP contribution in [-0.2, 0) is 13.5 Å². The first-order valence-corrected chi connectivity index (χ1v) is 7.31. The van der Waals surface area contributed by atoms with Gasteiger partial charge in [-0.2, -0.15) is 5.10 Å². The van der Waals surface area contributed by atoms with E-state index in [1.54, 1.807) is 0 Å². The van der Waals surface area contributed by atoms with Gasteiger partial charge in [-0.25, -0.2) is 0 Å². The lowest BCUT2D eigenvalue weighted by Crippen LogP contribution is -2.24. The van der Waals surface area contributed by atoms with E-state index in [2.05, 4.69) is 55.5 Å². The fraction of sp³-hybridized carbons (Fsp3) is 0.471. The topological polar surface area (TPSA) is 29.9 Å². The summed E-state index contributed by atoms with van der Waals surface area (Å²) in [7, 11) is 2.02. The molecule has 0 amide bonds. The molecule has 1 heterocycles. The highest BCUT2D eigenvalue weighted by Crippen LogP contribution is 2.23. The summed E-state index contributed by atoms with van der Waals surface area (Å²) in [5.41, 5.74) is 6.41. The van der Waals surface area contributed by atoms with E-state index in [0.29, 0.717) is 6.04 Å². The molecule has 0 fully saturated rings. The van der Waals surface area contributed by atoms with Crippen LogP contribution in [0.1, 0.15) is 41.0 Å². The van der Waals surface area contributed by atoms with Crippen LogP contribution in [0.3, 0.4) is 0 Å². The third kappa shape index (κ3) is 3.28. The maximum absolute atomic E-state index is 4.45. The minimum Gasteiger partial charge on any atom is -0.310 e. The van der Waals surface area contributed by atoms with E-state index in [1.165, 1.54) is 22.4 Å². The van der Waals surface area contributed by atoms with Gasteiger partial charge in [-0.1, -0.05) is 30.7 Å². The molecule has 0 saturated heterocycles. The molecule has 3 nitrogen and oxygen atoms in total. The van der Waals surface area contributed by atoms with Crippen molar-refractivity contribution in [2.45, 2.75) is 40.2 Å². The number of benzene rings is 1. The van der Waals surface area contributed by atoms with E-state index in [4.69, 9.17) is 0 Å². The molecule has 0 aliphatic carbocycles. The van der Waals surface area contributed by atoms with E-state index in [1.807, 2.05) is 18.7 Å². The number of hydrogen-bond acceptors (Lipinski definition) is 2. The molecule has 0 radical (unpaired) electrons. The zero-order chi connectivity index (χ0) is 14.7. The predicted octanol–water partition coefficient (Wildman–Crippen LogP) is 3.24. The van der Waals surface area contributed by atoms with Crippen LogP contribution in [0.25, 0.3) is 0 Å². The molecular weight excluding hydrogens is 246 g/mol. The highest BCUT2D eigenvalue weighted by atomic mass is 15.3. The number of hydrogen-bond donors (Lipinski definition) is 1.